The fourth-order valence-corrected chi connectivity index (χ4v) is 0.794. The molecular weight excluding hydrogens is 170 g/mol. The van der Waals surface area contributed by atoms with Crippen molar-refractivity contribution >= 4 is 11.6 Å². The van der Waals surface area contributed by atoms with Crippen LogP contribution in [-0.4, -0.2) is 25.4 Å². The number of hydrogen-bond acceptors (Lipinski definition) is 5. The van der Waals surface area contributed by atoms with Crippen LogP contribution in [0.2, 0.25) is 0 Å². The monoisotopic (exact) mass is 177 g/mol. The van der Waals surface area contributed by atoms with Crippen molar-refractivity contribution in [3.05, 3.63) is 18.2 Å². The molecule has 0 saturated heterocycles. The highest BCUT2D eigenvalue weighted by molar-refractivity contribution is 5.37. The number of rotatable bonds is 2. The van der Waals surface area contributed by atoms with E-state index in [4.69, 9.17) is 0 Å². The minimum atomic E-state index is 0.376. The average molecular weight is 177 g/mol. The second-order valence-corrected chi connectivity index (χ2v) is 2.39. The summed E-state index contributed by atoms with van der Waals surface area (Å²) in [6, 6.07) is 0. The molecule has 0 fully saturated rings. The van der Waals surface area contributed by atoms with Gasteiger partial charge in [0.1, 0.15) is 12.0 Å². The van der Waals surface area contributed by atoms with E-state index in [0.717, 1.165) is 5.69 Å². The van der Waals surface area contributed by atoms with Gasteiger partial charge in [0, 0.05) is 0 Å². The molecule has 0 unspecified atom stereocenters. The molecule has 0 bridgehead atoms. The lowest BCUT2D eigenvalue weighted by Crippen LogP contribution is -1.69. The smallest absolute Gasteiger partial charge is 0.264 e. The molecule has 0 radical (unpaired) electrons. The van der Waals surface area contributed by atoms with Crippen LogP contribution in [0.15, 0.2) is 22.8 Å². The standard InChI is InChI=1S/C6H7N7/c1-4-5(2-8-10-4)11-13-6-7-3-9-12-6/h2-3H,1H3,(H,8,10)(H,7,9,12). The van der Waals surface area contributed by atoms with Crippen LogP contribution < -0.4 is 0 Å². The van der Waals surface area contributed by atoms with E-state index in [1.165, 1.54) is 6.33 Å². The third-order valence-electron chi connectivity index (χ3n) is 1.46. The Labute approximate surface area is 73.3 Å². The first-order chi connectivity index (χ1) is 6.36. The summed E-state index contributed by atoms with van der Waals surface area (Å²) in [6.45, 7) is 1.86. The Hall–Kier alpha value is -2.05. The molecule has 2 heterocycles. The molecule has 0 saturated carbocycles. The summed E-state index contributed by atoms with van der Waals surface area (Å²) in [7, 11) is 0. The van der Waals surface area contributed by atoms with E-state index in [-0.39, 0.29) is 0 Å². The number of aromatic amines is 2. The Morgan fingerprint density at radius 1 is 1.23 bits per heavy atom. The quantitative estimate of drug-likeness (QED) is 0.675. The van der Waals surface area contributed by atoms with E-state index in [1.807, 2.05) is 6.92 Å². The summed E-state index contributed by atoms with van der Waals surface area (Å²) in [5, 5.41) is 20.5. The second-order valence-electron chi connectivity index (χ2n) is 2.39. The molecule has 0 atom stereocenters. The zero-order chi connectivity index (χ0) is 9.10. The Kier molecular flexibility index (Phi) is 1.83. The molecule has 66 valence electrons. The zero-order valence-electron chi connectivity index (χ0n) is 6.89. The highest BCUT2D eigenvalue weighted by Crippen LogP contribution is 2.16. The van der Waals surface area contributed by atoms with Crippen LogP contribution in [0.3, 0.4) is 0 Å². The fourth-order valence-electron chi connectivity index (χ4n) is 0.794. The maximum absolute atomic E-state index is 3.91. The lowest BCUT2D eigenvalue weighted by Gasteiger charge is -1.84. The van der Waals surface area contributed by atoms with Crippen molar-refractivity contribution in [2.24, 2.45) is 10.2 Å². The van der Waals surface area contributed by atoms with Gasteiger partial charge in [-0.15, -0.1) is 10.2 Å². The summed E-state index contributed by atoms with van der Waals surface area (Å²) in [6.07, 6.45) is 2.96. The van der Waals surface area contributed by atoms with E-state index >= 15 is 0 Å². The lowest BCUT2D eigenvalue weighted by molar-refractivity contribution is 1.04. The number of H-pyrrole nitrogens is 2. The van der Waals surface area contributed by atoms with E-state index in [0.29, 0.717) is 11.6 Å². The summed E-state index contributed by atoms with van der Waals surface area (Å²) >= 11 is 0. The van der Waals surface area contributed by atoms with Gasteiger partial charge in [0.05, 0.1) is 11.9 Å². The minimum Gasteiger partial charge on any atom is -0.281 e. The molecule has 0 spiro atoms. The van der Waals surface area contributed by atoms with Crippen LogP contribution in [0.25, 0.3) is 0 Å². The minimum absolute atomic E-state index is 0.376. The van der Waals surface area contributed by atoms with Crippen LogP contribution in [0.4, 0.5) is 11.6 Å². The number of aryl methyl sites for hydroxylation is 1. The number of nitrogens with one attached hydrogen (secondary N) is 2. The van der Waals surface area contributed by atoms with Crippen molar-refractivity contribution in [2.75, 3.05) is 0 Å². The van der Waals surface area contributed by atoms with Gasteiger partial charge in [-0.05, 0) is 6.92 Å². The first-order valence-electron chi connectivity index (χ1n) is 3.63. The molecule has 7 nitrogen and oxygen atoms in total. The highest BCUT2D eigenvalue weighted by atomic mass is 15.3. The van der Waals surface area contributed by atoms with Crippen LogP contribution in [0.5, 0.6) is 0 Å². The third kappa shape index (κ3) is 1.58. The van der Waals surface area contributed by atoms with Gasteiger partial charge in [0.25, 0.3) is 5.95 Å². The van der Waals surface area contributed by atoms with Crippen LogP contribution >= 0.6 is 0 Å². The molecule has 2 N–H and O–H groups in total. The predicted molar refractivity (Wildman–Crippen MR) is 43.9 cm³/mol. The number of azo groups is 1. The van der Waals surface area contributed by atoms with Crippen molar-refractivity contribution < 1.29 is 0 Å². The first-order valence-corrected chi connectivity index (χ1v) is 3.63. The first kappa shape index (κ1) is 7.59. The molecular formula is C6H7N7. The molecule has 2 aromatic rings. The van der Waals surface area contributed by atoms with E-state index in [1.54, 1.807) is 6.20 Å². The van der Waals surface area contributed by atoms with Gasteiger partial charge < -0.3 is 0 Å². The summed E-state index contributed by atoms with van der Waals surface area (Å²) in [4.78, 5) is 3.79. The van der Waals surface area contributed by atoms with E-state index in [9.17, 15) is 0 Å². The lowest BCUT2D eigenvalue weighted by atomic mass is 10.4. The Bertz CT molecular complexity index is 398. The predicted octanol–water partition coefficient (Wildman–Crippen LogP) is 1.25. The topological polar surface area (TPSA) is 95.0 Å². The molecule has 7 heteroatoms. The third-order valence-corrected chi connectivity index (χ3v) is 1.46. The molecule has 13 heavy (non-hydrogen) atoms. The summed E-state index contributed by atoms with van der Waals surface area (Å²) in [5.41, 5.74) is 1.56. The average Bonchev–Trinajstić information content (AvgIpc) is 2.72. The van der Waals surface area contributed by atoms with Gasteiger partial charge in [-0.2, -0.15) is 15.2 Å². The van der Waals surface area contributed by atoms with Gasteiger partial charge in [-0.25, -0.2) is 5.10 Å². The Morgan fingerprint density at radius 3 is 2.77 bits per heavy atom. The van der Waals surface area contributed by atoms with Gasteiger partial charge in [0.15, 0.2) is 0 Å². The van der Waals surface area contributed by atoms with E-state index < -0.39 is 0 Å². The fraction of sp³-hybridized carbons (Fsp3) is 0.167. The van der Waals surface area contributed by atoms with Gasteiger partial charge in [0.2, 0.25) is 0 Å². The normalized spacial score (nSPS) is 11.2. The second kappa shape index (κ2) is 3.13. The van der Waals surface area contributed by atoms with Crippen molar-refractivity contribution in [1.29, 1.82) is 0 Å². The van der Waals surface area contributed by atoms with Gasteiger partial charge in [-0.1, -0.05) is 0 Å². The molecule has 0 aliphatic heterocycles. The van der Waals surface area contributed by atoms with Crippen LogP contribution in [-0.2, 0) is 0 Å². The van der Waals surface area contributed by atoms with Crippen molar-refractivity contribution in [3.63, 3.8) is 0 Å². The van der Waals surface area contributed by atoms with Gasteiger partial charge in [-0.3, -0.25) is 5.10 Å². The largest absolute Gasteiger partial charge is 0.281 e. The van der Waals surface area contributed by atoms with Crippen LogP contribution in [0.1, 0.15) is 5.69 Å². The molecule has 2 rings (SSSR count). The SMILES string of the molecule is Cc1[nH]ncc1N=Nc1ncn[nH]1. The zero-order valence-corrected chi connectivity index (χ0v) is 6.89. The highest BCUT2D eigenvalue weighted by Gasteiger charge is 1.97. The van der Waals surface area contributed by atoms with Crippen molar-refractivity contribution in [3.8, 4) is 0 Å². The van der Waals surface area contributed by atoms with E-state index in [2.05, 4.69) is 35.6 Å². The molecule has 2 aromatic heterocycles. The van der Waals surface area contributed by atoms with Crippen molar-refractivity contribution in [2.45, 2.75) is 6.92 Å². The summed E-state index contributed by atoms with van der Waals surface area (Å²) < 4.78 is 0. The maximum atomic E-state index is 3.91. The molecule has 0 aliphatic rings. The number of nitrogens with zero attached hydrogens (tertiary/aromatic N) is 5. The van der Waals surface area contributed by atoms with Crippen molar-refractivity contribution in [1.82, 2.24) is 25.4 Å². The van der Waals surface area contributed by atoms with Gasteiger partial charge >= 0.3 is 0 Å². The Morgan fingerprint density at radius 2 is 2.15 bits per heavy atom. The summed E-state index contributed by atoms with van der Waals surface area (Å²) in [5.74, 6) is 0.376. The number of hydrogen-bond donors (Lipinski definition) is 2. The number of aromatic nitrogens is 5. The maximum Gasteiger partial charge on any atom is 0.264 e. The molecule has 0 amide bonds. The molecule has 0 aliphatic carbocycles. The van der Waals surface area contributed by atoms with Crippen LogP contribution in [0, 0.1) is 6.92 Å². The molecule has 0 aromatic carbocycles. The Balaban J connectivity index is 2.19.